The van der Waals surface area contributed by atoms with Gasteiger partial charge in [-0.25, -0.2) is 8.42 Å². The van der Waals surface area contributed by atoms with Gasteiger partial charge in [0.25, 0.3) is 5.56 Å². The highest BCUT2D eigenvalue weighted by Crippen LogP contribution is 2.13. The molecule has 1 amide bonds. The molecule has 0 fully saturated rings. The van der Waals surface area contributed by atoms with Crippen LogP contribution in [0, 0.1) is 6.92 Å². The molecule has 0 bridgehead atoms. The van der Waals surface area contributed by atoms with Gasteiger partial charge in [0, 0.05) is 24.0 Å². The first kappa shape index (κ1) is 18.8. The van der Waals surface area contributed by atoms with E-state index in [1.165, 1.54) is 12.1 Å². The number of carbonyl (C=O) groups is 1. The fraction of sp³-hybridized carbons (Fsp3) is 0.200. The maximum absolute atomic E-state index is 12.2. The summed E-state index contributed by atoms with van der Waals surface area (Å²) in [5, 5.41) is 3.50. The van der Waals surface area contributed by atoms with Crippen LogP contribution in [-0.2, 0) is 21.2 Å². The van der Waals surface area contributed by atoms with Crippen molar-refractivity contribution >= 4 is 26.6 Å². The minimum Gasteiger partial charge on any atom is -0.352 e. The number of benzene rings is 2. The molecule has 0 aliphatic heterocycles. The number of rotatable bonds is 6. The monoisotopic (exact) mass is 384 g/mol. The number of hydrogen-bond donors (Lipinski definition) is 2. The number of pyridine rings is 1. The van der Waals surface area contributed by atoms with Crippen molar-refractivity contribution in [1.29, 1.82) is 0 Å². The number of aromatic amines is 1. The van der Waals surface area contributed by atoms with E-state index in [9.17, 15) is 18.0 Å². The van der Waals surface area contributed by atoms with Crippen molar-refractivity contribution in [2.45, 2.75) is 24.8 Å². The van der Waals surface area contributed by atoms with E-state index in [0.29, 0.717) is 5.56 Å². The molecule has 1 aromatic heterocycles. The van der Waals surface area contributed by atoms with Crippen molar-refractivity contribution in [2.24, 2.45) is 0 Å². The van der Waals surface area contributed by atoms with Gasteiger partial charge in [0.2, 0.25) is 5.91 Å². The second-order valence-electron chi connectivity index (χ2n) is 6.37. The van der Waals surface area contributed by atoms with Crippen molar-refractivity contribution in [3.63, 3.8) is 0 Å². The summed E-state index contributed by atoms with van der Waals surface area (Å²) in [6.07, 6.45) is -0.165. The molecule has 0 radical (unpaired) electrons. The number of amides is 1. The van der Waals surface area contributed by atoms with E-state index in [-0.39, 0.29) is 29.2 Å². The molecular formula is C20H20N2O4S. The maximum atomic E-state index is 12.2. The third-order valence-electron chi connectivity index (χ3n) is 4.25. The number of H-pyrrole nitrogens is 1. The molecule has 0 unspecified atom stereocenters. The Morgan fingerprint density at radius 3 is 2.56 bits per heavy atom. The molecule has 1 heterocycles. The zero-order valence-corrected chi connectivity index (χ0v) is 15.7. The lowest BCUT2D eigenvalue weighted by atomic mass is 10.1. The van der Waals surface area contributed by atoms with Gasteiger partial charge in [-0.2, -0.15) is 0 Å². The number of aromatic nitrogens is 1. The van der Waals surface area contributed by atoms with Crippen LogP contribution in [0.15, 0.2) is 64.3 Å². The van der Waals surface area contributed by atoms with E-state index < -0.39 is 15.7 Å². The molecule has 0 spiro atoms. The van der Waals surface area contributed by atoms with Gasteiger partial charge in [0.15, 0.2) is 9.84 Å². The van der Waals surface area contributed by atoms with Gasteiger partial charge in [-0.15, -0.1) is 0 Å². The summed E-state index contributed by atoms with van der Waals surface area (Å²) >= 11 is 0. The lowest BCUT2D eigenvalue weighted by molar-refractivity contribution is -0.120. The number of fused-ring (bicyclic) bond motifs is 1. The quantitative estimate of drug-likeness (QED) is 0.682. The first-order chi connectivity index (χ1) is 12.8. The van der Waals surface area contributed by atoms with Gasteiger partial charge in [-0.3, -0.25) is 9.59 Å². The van der Waals surface area contributed by atoms with Crippen LogP contribution in [0.3, 0.4) is 0 Å². The lowest BCUT2D eigenvalue weighted by Gasteiger charge is -2.07. The van der Waals surface area contributed by atoms with E-state index in [4.69, 9.17) is 0 Å². The summed E-state index contributed by atoms with van der Waals surface area (Å²) in [7, 11) is -3.51. The Balaban J connectivity index is 1.63. The third kappa shape index (κ3) is 4.62. The van der Waals surface area contributed by atoms with Crippen LogP contribution in [-0.4, -0.2) is 25.1 Å². The molecule has 2 aromatic carbocycles. The van der Waals surface area contributed by atoms with E-state index in [1.807, 2.05) is 25.1 Å². The highest BCUT2D eigenvalue weighted by atomic mass is 32.2. The van der Waals surface area contributed by atoms with E-state index >= 15 is 0 Å². The summed E-state index contributed by atoms with van der Waals surface area (Å²) < 4.78 is 24.4. The Bertz CT molecular complexity index is 1140. The number of sulfone groups is 1. The summed E-state index contributed by atoms with van der Waals surface area (Å²) in [5.74, 6) is -0.700. The van der Waals surface area contributed by atoms with Gasteiger partial charge in [-0.05, 0) is 42.6 Å². The molecule has 0 saturated heterocycles. The molecule has 140 valence electrons. The second kappa shape index (κ2) is 7.75. The zero-order chi connectivity index (χ0) is 19.4. The minimum absolute atomic E-state index is 0.0451. The SMILES string of the molecule is Cc1ccc2[nH]c(=O)c(CNC(=O)CCS(=O)(=O)c3ccccc3)cc2c1. The first-order valence-electron chi connectivity index (χ1n) is 8.52. The lowest BCUT2D eigenvalue weighted by Crippen LogP contribution is -2.28. The molecule has 0 atom stereocenters. The normalized spacial score (nSPS) is 11.4. The predicted molar refractivity (Wildman–Crippen MR) is 104 cm³/mol. The van der Waals surface area contributed by atoms with Crippen molar-refractivity contribution in [2.75, 3.05) is 5.75 Å². The molecule has 27 heavy (non-hydrogen) atoms. The van der Waals surface area contributed by atoms with Gasteiger partial charge in [0.1, 0.15) is 0 Å². The maximum Gasteiger partial charge on any atom is 0.253 e. The Morgan fingerprint density at radius 2 is 1.81 bits per heavy atom. The van der Waals surface area contributed by atoms with Crippen LogP contribution >= 0.6 is 0 Å². The van der Waals surface area contributed by atoms with Gasteiger partial charge < -0.3 is 10.3 Å². The molecule has 0 saturated carbocycles. The minimum atomic E-state index is -3.51. The second-order valence-corrected chi connectivity index (χ2v) is 8.48. The Kier molecular flexibility index (Phi) is 5.41. The molecular weight excluding hydrogens is 364 g/mol. The molecule has 3 aromatic rings. The summed E-state index contributed by atoms with van der Waals surface area (Å²) in [5.41, 5.74) is 1.95. The van der Waals surface area contributed by atoms with Crippen LogP contribution in [0.4, 0.5) is 0 Å². The largest absolute Gasteiger partial charge is 0.352 e. The smallest absolute Gasteiger partial charge is 0.253 e. The summed E-state index contributed by atoms with van der Waals surface area (Å²) in [4.78, 5) is 27.1. The molecule has 3 rings (SSSR count). The number of carbonyl (C=O) groups excluding carboxylic acids is 1. The van der Waals surface area contributed by atoms with Crippen LogP contribution in [0.1, 0.15) is 17.5 Å². The van der Waals surface area contributed by atoms with Gasteiger partial charge in [-0.1, -0.05) is 29.8 Å². The van der Waals surface area contributed by atoms with Crippen LogP contribution < -0.4 is 10.9 Å². The predicted octanol–water partition coefficient (Wildman–Crippen LogP) is 2.32. The average molecular weight is 384 g/mol. The molecule has 0 aliphatic carbocycles. The average Bonchev–Trinajstić information content (AvgIpc) is 2.66. The number of hydrogen-bond acceptors (Lipinski definition) is 4. The standard InChI is InChI=1S/C20H20N2O4S/c1-14-7-8-18-15(11-14)12-16(20(24)22-18)13-21-19(23)9-10-27(25,26)17-5-3-2-4-6-17/h2-8,11-12H,9-10,13H2,1H3,(H,21,23)(H,22,24). The summed E-state index contributed by atoms with van der Waals surface area (Å²) in [6, 6.07) is 15.4. The highest BCUT2D eigenvalue weighted by molar-refractivity contribution is 7.91. The Hall–Kier alpha value is -2.93. The number of aryl methyl sites for hydroxylation is 1. The molecule has 2 N–H and O–H groups in total. The van der Waals surface area contributed by atoms with Crippen LogP contribution in [0.2, 0.25) is 0 Å². The van der Waals surface area contributed by atoms with Crippen molar-refractivity contribution in [3.8, 4) is 0 Å². The Morgan fingerprint density at radius 1 is 1.07 bits per heavy atom. The van der Waals surface area contributed by atoms with Crippen LogP contribution in [0.25, 0.3) is 10.9 Å². The van der Waals surface area contributed by atoms with Crippen molar-refractivity contribution < 1.29 is 13.2 Å². The zero-order valence-electron chi connectivity index (χ0n) is 14.9. The van der Waals surface area contributed by atoms with Gasteiger partial charge in [0.05, 0.1) is 10.6 Å². The summed E-state index contributed by atoms with van der Waals surface area (Å²) in [6.45, 7) is 2.00. The fourth-order valence-electron chi connectivity index (χ4n) is 2.76. The van der Waals surface area contributed by atoms with Crippen molar-refractivity contribution in [1.82, 2.24) is 10.3 Å². The topological polar surface area (TPSA) is 96.1 Å². The first-order valence-corrected chi connectivity index (χ1v) is 10.2. The van der Waals surface area contributed by atoms with E-state index in [1.54, 1.807) is 24.3 Å². The Labute approximate surface area is 157 Å². The van der Waals surface area contributed by atoms with E-state index in [0.717, 1.165) is 16.5 Å². The van der Waals surface area contributed by atoms with Crippen molar-refractivity contribution in [3.05, 3.63) is 76.1 Å². The van der Waals surface area contributed by atoms with Crippen LogP contribution in [0.5, 0.6) is 0 Å². The molecule has 6 nitrogen and oxygen atoms in total. The molecule has 0 aliphatic rings. The highest BCUT2D eigenvalue weighted by Gasteiger charge is 2.16. The fourth-order valence-corrected chi connectivity index (χ4v) is 4.02. The van der Waals surface area contributed by atoms with E-state index in [2.05, 4.69) is 10.3 Å². The number of nitrogens with one attached hydrogen (secondary N) is 2. The molecule has 7 heteroatoms. The third-order valence-corrected chi connectivity index (χ3v) is 5.98. The van der Waals surface area contributed by atoms with Gasteiger partial charge >= 0.3 is 0 Å².